The van der Waals surface area contributed by atoms with Gasteiger partial charge in [-0.3, -0.25) is 9.78 Å². The molecule has 1 aromatic carbocycles. The molecule has 23 heavy (non-hydrogen) atoms. The van der Waals surface area contributed by atoms with E-state index in [0.717, 1.165) is 30.5 Å². The number of unbranched alkanes of at least 4 members (excludes halogenated alkanes) is 1. The molecule has 1 unspecified atom stereocenters. The van der Waals surface area contributed by atoms with E-state index in [-0.39, 0.29) is 11.9 Å². The Morgan fingerprint density at radius 1 is 1.22 bits per heavy atom. The van der Waals surface area contributed by atoms with Crippen LogP contribution in [0.4, 0.5) is 0 Å². The molecule has 0 radical (unpaired) electrons. The third-order valence-electron chi connectivity index (χ3n) is 4.03. The SMILES string of the molecule is CCCCc1ccnc(-c2ccccc2OC(=O)C(C)CC)c1. The van der Waals surface area contributed by atoms with Gasteiger partial charge < -0.3 is 4.74 Å². The molecule has 0 bridgehead atoms. The number of ether oxygens (including phenoxy) is 1. The van der Waals surface area contributed by atoms with E-state index >= 15 is 0 Å². The van der Waals surface area contributed by atoms with Gasteiger partial charge in [-0.15, -0.1) is 0 Å². The molecule has 0 spiro atoms. The number of aromatic nitrogens is 1. The average molecular weight is 311 g/mol. The number of benzene rings is 1. The second-order valence-electron chi connectivity index (χ2n) is 5.88. The van der Waals surface area contributed by atoms with Gasteiger partial charge in [-0.05, 0) is 49.1 Å². The molecule has 0 aliphatic rings. The lowest BCUT2D eigenvalue weighted by Crippen LogP contribution is -2.17. The molecule has 0 aliphatic heterocycles. The highest BCUT2D eigenvalue weighted by Gasteiger charge is 2.16. The normalized spacial score (nSPS) is 12.0. The van der Waals surface area contributed by atoms with Gasteiger partial charge in [-0.2, -0.15) is 0 Å². The summed E-state index contributed by atoms with van der Waals surface area (Å²) in [4.78, 5) is 16.6. The Kier molecular flexibility index (Phi) is 6.33. The van der Waals surface area contributed by atoms with Gasteiger partial charge in [-0.1, -0.05) is 39.3 Å². The van der Waals surface area contributed by atoms with E-state index in [9.17, 15) is 4.79 Å². The zero-order valence-corrected chi connectivity index (χ0v) is 14.2. The fraction of sp³-hybridized carbons (Fsp3) is 0.400. The molecule has 0 fully saturated rings. The molecule has 0 N–H and O–H groups in total. The summed E-state index contributed by atoms with van der Waals surface area (Å²) in [7, 11) is 0. The quantitative estimate of drug-likeness (QED) is 0.531. The Morgan fingerprint density at radius 3 is 2.74 bits per heavy atom. The van der Waals surface area contributed by atoms with Crippen LogP contribution in [0, 0.1) is 5.92 Å². The minimum absolute atomic E-state index is 0.105. The molecule has 2 rings (SSSR count). The van der Waals surface area contributed by atoms with Crippen molar-refractivity contribution in [1.29, 1.82) is 0 Å². The Balaban J connectivity index is 2.28. The summed E-state index contributed by atoms with van der Waals surface area (Å²) in [6.45, 7) is 6.05. The highest BCUT2D eigenvalue weighted by atomic mass is 16.5. The van der Waals surface area contributed by atoms with Crippen molar-refractivity contribution in [3.05, 3.63) is 48.2 Å². The molecule has 1 heterocycles. The first-order chi connectivity index (χ1) is 11.2. The standard InChI is InChI=1S/C20H25NO2/c1-4-6-9-16-12-13-21-18(14-16)17-10-7-8-11-19(17)23-20(22)15(3)5-2/h7-8,10-15H,4-6,9H2,1-3H3. The maximum absolute atomic E-state index is 12.1. The molecule has 1 aromatic heterocycles. The van der Waals surface area contributed by atoms with Gasteiger partial charge >= 0.3 is 5.97 Å². The topological polar surface area (TPSA) is 39.2 Å². The number of esters is 1. The van der Waals surface area contributed by atoms with Gasteiger partial charge in [0.25, 0.3) is 0 Å². The highest BCUT2D eigenvalue weighted by Crippen LogP contribution is 2.29. The van der Waals surface area contributed by atoms with Crippen LogP contribution in [0.3, 0.4) is 0 Å². The first-order valence-electron chi connectivity index (χ1n) is 8.41. The van der Waals surface area contributed by atoms with E-state index in [1.807, 2.05) is 50.4 Å². The minimum atomic E-state index is -0.193. The Morgan fingerprint density at radius 2 is 2.00 bits per heavy atom. The predicted octanol–water partition coefficient (Wildman–Crippen LogP) is 5.04. The van der Waals surface area contributed by atoms with Gasteiger partial charge in [-0.25, -0.2) is 0 Å². The highest BCUT2D eigenvalue weighted by molar-refractivity contribution is 5.78. The number of para-hydroxylation sites is 1. The Bertz CT molecular complexity index is 652. The number of nitrogens with zero attached hydrogens (tertiary/aromatic N) is 1. The van der Waals surface area contributed by atoms with Crippen molar-refractivity contribution in [2.24, 2.45) is 5.92 Å². The molecule has 122 valence electrons. The zero-order chi connectivity index (χ0) is 16.7. The molecule has 0 saturated heterocycles. The summed E-state index contributed by atoms with van der Waals surface area (Å²) in [5.41, 5.74) is 2.98. The molecule has 3 nitrogen and oxygen atoms in total. The van der Waals surface area contributed by atoms with Crippen LogP contribution in [0.25, 0.3) is 11.3 Å². The Hall–Kier alpha value is -2.16. The first kappa shape index (κ1) is 17.2. The predicted molar refractivity (Wildman–Crippen MR) is 93.4 cm³/mol. The molecule has 2 aromatic rings. The van der Waals surface area contributed by atoms with E-state index in [0.29, 0.717) is 5.75 Å². The van der Waals surface area contributed by atoms with Gasteiger partial charge in [0, 0.05) is 11.8 Å². The number of aryl methyl sites for hydroxylation is 1. The van der Waals surface area contributed by atoms with Crippen molar-refractivity contribution in [1.82, 2.24) is 4.98 Å². The number of pyridine rings is 1. The smallest absolute Gasteiger partial charge is 0.314 e. The number of carbonyl (C=O) groups is 1. The van der Waals surface area contributed by atoms with Gasteiger partial charge in [0.2, 0.25) is 0 Å². The number of hydrogen-bond acceptors (Lipinski definition) is 3. The molecule has 3 heteroatoms. The van der Waals surface area contributed by atoms with E-state index in [1.165, 1.54) is 12.0 Å². The summed E-state index contributed by atoms with van der Waals surface area (Å²) in [6, 6.07) is 11.7. The largest absolute Gasteiger partial charge is 0.426 e. The van der Waals surface area contributed by atoms with Crippen LogP contribution in [-0.2, 0) is 11.2 Å². The van der Waals surface area contributed by atoms with Crippen molar-refractivity contribution in [3.8, 4) is 17.0 Å². The molecular formula is C20H25NO2. The summed E-state index contributed by atoms with van der Waals surface area (Å²) >= 11 is 0. The summed E-state index contributed by atoms with van der Waals surface area (Å²) in [5, 5.41) is 0. The second kappa shape index (κ2) is 8.47. The molecule has 0 saturated carbocycles. The van der Waals surface area contributed by atoms with Crippen LogP contribution in [0.15, 0.2) is 42.6 Å². The summed E-state index contributed by atoms with van der Waals surface area (Å²) in [6.07, 6.45) is 5.97. The average Bonchev–Trinajstić information content (AvgIpc) is 2.59. The monoisotopic (exact) mass is 311 g/mol. The van der Waals surface area contributed by atoms with Crippen LogP contribution in [0.5, 0.6) is 5.75 Å². The fourth-order valence-corrected chi connectivity index (χ4v) is 2.30. The number of hydrogen-bond donors (Lipinski definition) is 0. The maximum atomic E-state index is 12.1. The van der Waals surface area contributed by atoms with Crippen LogP contribution in [0.2, 0.25) is 0 Å². The van der Waals surface area contributed by atoms with E-state index in [2.05, 4.69) is 18.0 Å². The van der Waals surface area contributed by atoms with Crippen molar-refractivity contribution < 1.29 is 9.53 Å². The van der Waals surface area contributed by atoms with E-state index in [1.54, 1.807) is 0 Å². The number of carbonyl (C=O) groups excluding carboxylic acids is 1. The van der Waals surface area contributed by atoms with E-state index < -0.39 is 0 Å². The summed E-state index contributed by atoms with van der Waals surface area (Å²) in [5.74, 6) is 0.284. The van der Waals surface area contributed by atoms with E-state index in [4.69, 9.17) is 4.74 Å². The first-order valence-corrected chi connectivity index (χ1v) is 8.41. The zero-order valence-electron chi connectivity index (χ0n) is 14.2. The van der Waals surface area contributed by atoms with Gasteiger partial charge in [0.05, 0.1) is 11.6 Å². The molecule has 1 atom stereocenters. The van der Waals surface area contributed by atoms with Crippen LogP contribution in [0.1, 0.15) is 45.6 Å². The lowest BCUT2D eigenvalue weighted by Gasteiger charge is -2.13. The van der Waals surface area contributed by atoms with Crippen molar-refractivity contribution in [2.75, 3.05) is 0 Å². The van der Waals surface area contributed by atoms with Crippen LogP contribution < -0.4 is 4.74 Å². The summed E-state index contributed by atoms with van der Waals surface area (Å²) < 4.78 is 5.59. The minimum Gasteiger partial charge on any atom is -0.426 e. The third-order valence-corrected chi connectivity index (χ3v) is 4.03. The lowest BCUT2D eigenvalue weighted by atomic mass is 10.0. The van der Waals surface area contributed by atoms with Crippen LogP contribution >= 0.6 is 0 Å². The van der Waals surface area contributed by atoms with Crippen molar-refractivity contribution in [2.45, 2.75) is 46.5 Å². The maximum Gasteiger partial charge on any atom is 0.314 e. The van der Waals surface area contributed by atoms with Crippen molar-refractivity contribution in [3.63, 3.8) is 0 Å². The second-order valence-corrected chi connectivity index (χ2v) is 5.88. The Labute approximate surface area is 138 Å². The number of rotatable bonds is 7. The molecular weight excluding hydrogens is 286 g/mol. The lowest BCUT2D eigenvalue weighted by molar-refractivity contribution is -0.138. The van der Waals surface area contributed by atoms with Gasteiger partial charge in [0.1, 0.15) is 5.75 Å². The third kappa shape index (κ3) is 4.65. The molecule has 0 amide bonds. The van der Waals surface area contributed by atoms with Crippen molar-refractivity contribution >= 4 is 5.97 Å². The fourth-order valence-electron chi connectivity index (χ4n) is 2.30. The molecule has 0 aliphatic carbocycles. The van der Waals surface area contributed by atoms with Gasteiger partial charge in [0.15, 0.2) is 0 Å². The van der Waals surface area contributed by atoms with Crippen LogP contribution in [-0.4, -0.2) is 11.0 Å².